The van der Waals surface area contributed by atoms with Crippen LogP contribution in [0, 0.1) is 54.8 Å². The van der Waals surface area contributed by atoms with E-state index in [0.29, 0.717) is 107 Å². The van der Waals surface area contributed by atoms with E-state index in [4.69, 9.17) is 17.8 Å². The summed E-state index contributed by atoms with van der Waals surface area (Å²) in [5.74, 6) is 2.38. The van der Waals surface area contributed by atoms with Crippen molar-refractivity contribution >= 4 is 68.4 Å². The molecule has 9 aromatic heterocycles. The summed E-state index contributed by atoms with van der Waals surface area (Å²) in [6.07, 6.45) is 19.0. The molecule has 3 aliphatic heterocycles. The molecule has 3 atom stereocenters. The lowest BCUT2D eigenvalue weighted by atomic mass is 9.90. The van der Waals surface area contributed by atoms with E-state index >= 15 is 0 Å². The second kappa shape index (κ2) is 23.6. The average Bonchev–Trinajstić information content (AvgIpc) is 1.75. The van der Waals surface area contributed by atoms with Crippen molar-refractivity contribution in [1.82, 2.24) is 70.3 Å². The summed E-state index contributed by atoms with van der Waals surface area (Å²) < 4.78 is 25.1. The highest BCUT2D eigenvalue weighted by Crippen LogP contribution is 2.61. The summed E-state index contributed by atoms with van der Waals surface area (Å²) in [6, 6.07) is 16.1. The van der Waals surface area contributed by atoms with Gasteiger partial charge < -0.3 is 48.4 Å². The minimum absolute atomic E-state index is 0.0124. The average molecular weight is 1210 g/mol. The second-order valence-electron chi connectivity index (χ2n) is 25.3. The van der Waals surface area contributed by atoms with Crippen molar-refractivity contribution in [3.05, 3.63) is 143 Å². The quantitative estimate of drug-likeness (QED) is 0.105. The SMILES string of the molecule is Cc1cc(C(=O)N2CCC3(CC2)CC3CNC(=O)c2cc3ccncc3o2)n(C)n1.Cc1cc(C(=O)N2CCC3(CC2)CC3CNC(=O)c2cc3ccncc3o2)nn1C.Cc1cc(C(=O)N2CCC3(CC2)CC3CNC(=O)c2cc3ccncc3o2)no1. The smallest absolute Gasteiger partial charge is 0.287 e. The standard InChI is InChI=1S/2C22H25N5O3.C21H22N4O4/c1-14-9-17(25-26(14)2)21(29)27-7-4-22(5-8-27)11-16(22)12-24-20(28)18-10-15-3-6-23-13-19(15)30-18;1-14-9-17(26(2)25-14)21(29)27-7-4-22(5-8-27)11-16(22)12-24-20(28)18-10-15-3-6-23-13-19(15)30-18;1-13-8-16(24-29-13)20(27)25-6-3-21(4-7-25)10-15(21)11-23-19(26)17-9-14-2-5-22-12-18(14)28-17/h2*3,6,9-10,13,16H,4-5,7-8,11-12H2,1-2H3,(H,24,28);2,5,8-9,12,15H,3-4,6-7,10-11H2,1H3,(H,23,26). The Morgan fingerprint density at radius 2 is 0.888 bits per heavy atom. The summed E-state index contributed by atoms with van der Waals surface area (Å²) in [5, 5.41) is 24.1. The van der Waals surface area contributed by atoms with Crippen molar-refractivity contribution in [2.75, 3.05) is 58.9 Å². The molecule has 462 valence electrons. The molecule has 0 aromatic carbocycles. The molecular weight excluding hydrogens is 1140 g/mol. The van der Waals surface area contributed by atoms with Crippen molar-refractivity contribution in [3.8, 4) is 0 Å². The van der Waals surface area contributed by atoms with Gasteiger partial charge in [-0.2, -0.15) is 10.2 Å². The first-order chi connectivity index (χ1) is 42.9. The summed E-state index contributed by atoms with van der Waals surface area (Å²) in [7, 11) is 3.66. The summed E-state index contributed by atoms with van der Waals surface area (Å²) in [5.41, 5.74) is 5.96. The number of hydrogen-bond acceptors (Lipinski definition) is 16. The zero-order valence-corrected chi connectivity index (χ0v) is 50.6. The number of rotatable bonds is 12. The van der Waals surface area contributed by atoms with E-state index in [9.17, 15) is 28.8 Å². The molecule has 3 aliphatic carbocycles. The van der Waals surface area contributed by atoms with Gasteiger partial charge in [-0.15, -0.1) is 0 Å². The molecule has 6 aliphatic rings. The zero-order chi connectivity index (χ0) is 61.8. The third-order valence-electron chi connectivity index (χ3n) is 19.8. The Labute approximate surface area is 512 Å². The highest BCUT2D eigenvalue weighted by Gasteiger charge is 2.57. The van der Waals surface area contributed by atoms with E-state index < -0.39 is 0 Å². The number of pyridine rings is 3. The highest BCUT2D eigenvalue weighted by atomic mass is 16.5. The first-order valence-corrected chi connectivity index (χ1v) is 30.6. The van der Waals surface area contributed by atoms with Gasteiger partial charge in [0, 0.05) is 120 Å². The third kappa shape index (κ3) is 12.2. The van der Waals surface area contributed by atoms with Crippen molar-refractivity contribution in [2.24, 2.45) is 48.1 Å². The summed E-state index contributed by atoms with van der Waals surface area (Å²) >= 11 is 0. The van der Waals surface area contributed by atoms with E-state index in [0.717, 1.165) is 112 Å². The lowest BCUT2D eigenvalue weighted by molar-refractivity contribution is 0.0649. The lowest BCUT2D eigenvalue weighted by Crippen LogP contribution is -2.41. The Hall–Kier alpha value is -9.48. The Morgan fingerprint density at radius 1 is 0.494 bits per heavy atom. The van der Waals surface area contributed by atoms with Crippen molar-refractivity contribution < 1.29 is 46.5 Å². The molecule has 6 fully saturated rings. The van der Waals surface area contributed by atoms with Crippen LogP contribution in [0.25, 0.3) is 32.9 Å². The normalized spacial score (nSPS) is 20.0. The fraction of sp³-hybridized carbons (Fsp3) is 0.446. The largest absolute Gasteiger partial charge is 0.449 e. The second-order valence-corrected chi connectivity index (χ2v) is 25.3. The van der Waals surface area contributed by atoms with Crippen LogP contribution in [0.4, 0.5) is 0 Å². The Bertz CT molecular complexity index is 4040. The number of likely N-dealkylation sites (tertiary alicyclic amines) is 3. The predicted octanol–water partition coefficient (Wildman–Crippen LogP) is 7.88. The maximum Gasteiger partial charge on any atom is 0.287 e. The summed E-state index contributed by atoms with van der Waals surface area (Å²) in [6.45, 7) is 12.0. The van der Waals surface area contributed by atoms with Gasteiger partial charge in [0.15, 0.2) is 45.4 Å². The van der Waals surface area contributed by atoms with Crippen molar-refractivity contribution in [2.45, 2.75) is 78.6 Å². The van der Waals surface area contributed by atoms with E-state index in [-0.39, 0.29) is 51.7 Å². The molecule has 3 spiro atoms. The van der Waals surface area contributed by atoms with Crippen LogP contribution in [0.1, 0.15) is 138 Å². The van der Waals surface area contributed by atoms with Crippen LogP contribution in [0.15, 0.2) is 110 Å². The molecule has 6 amide bonds. The molecule has 24 heteroatoms. The number of aromatic nitrogens is 8. The molecule has 3 N–H and O–H groups in total. The van der Waals surface area contributed by atoms with Gasteiger partial charge in [-0.05, 0) is 161 Å². The van der Waals surface area contributed by atoms with Gasteiger partial charge in [-0.3, -0.25) is 53.1 Å². The van der Waals surface area contributed by atoms with E-state index in [2.05, 4.69) is 46.3 Å². The Morgan fingerprint density at radius 3 is 1.22 bits per heavy atom. The fourth-order valence-electron chi connectivity index (χ4n) is 13.8. The number of piperidine rings is 3. The number of carbonyl (C=O) groups excluding carboxylic acids is 6. The maximum atomic E-state index is 12.8. The molecule has 12 heterocycles. The number of aryl methyl sites for hydroxylation is 5. The topological polar surface area (TPSA) is 288 Å². The van der Waals surface area contributed by atoms with Gasteiger partial charge in [0.1, 0.15) is 11.5 Å². The summed E-state index contributed by atoms with van der Waals surface area (Å²) in [4.78, 5) is 93.0. The number of hydrogen-bond donors (Lipinski definition) is 3. The van der Waals surface area contributed by atoms with Gasteiger partial charge in [0.25, 0.3) is 35.4 Å². The van der Waals surface area contributed by atoms with Crippen LogP contribution in [0.5, 0.6) is 0 Å². The molecule has 0 bridgehead atoms. The van der Waals surface area contributed by atoms with Gasteiger partial charge in [-0.1, -0.05) is 5.16 Å². The van der Waals surface area contributed by atoms with Gasteiger partial charge in [0.05, 0.1) is 24.3 Å². The van der Waals surface area contributed by atoms with Crippen LogP contribution in [0.3, 0.4) is 0 Å². The number of amides is 6. The van der Waals surface area contributed by atoms with Crippen LogP contribution in [-0.4, -0.2) is 149 Å². The number of furan rings is 3. The molecule has 3 saturated heterocycles. The molecular formula is C65H72N14O10. The monoisotopic (exact) mass is 1210 g/mol. The van der Waals surface area contributed by atoms with Crippen molar-refractivity contribution in [3.63, 3.8) is 0 Å². The maximum absolute atomic E-state index is 12.8. The van der Waals surface area contributed by atoms with Gasteiger partial charge in [-0.25, -0.2) is 0 Å². The van der Waals surface area contributed by atoms with Crippen LogP contribution in [0.2, 0.25) is 0 Å². The minimum atomic E-state index is -0.197. The van der Waals surface area contributed by atoms with Gasteiger partial charge in [0.2, 0.25) is 0 Å². The third-order valence-corrected chi connectivity index (χ3v) is 19.8. The van der Waals surface area contributed by atoms with E-state index in [1.165, 1.54) is 0 Å². The number of nitrogens with one attached hydrogen (secondary N) is 3. The molecule has 0 radical (unpaired) electrons. The molecule has 9 aromatic rings. The molecule has 24 nitrogen and oxygen atoms in total. The Balaban J connectivity index is 0.000000123. The lowest BCUT2D eigenvalue weighted by Gasteiger charge is -2.33. The zero-order valence-electron chi connectivity index (χ0n) is 50.6. The number of fused-ring (bicyclic) bond motifs is 3. The molecule has 3 unspecified atom stereocenters. The van der Waals surface area contributed by atoms with Crippen LogP contribution in [-0.2, 0) is 14.1 Å². The Kier molecular flexibility index (Phi) is 15.5. The number of nitrogens with zero attached hydrogens (tertiary/aromatic N) is 11. The first-order valence-electron chi connectivity index (χ1n) is 30.6. The predicted molar refractivity (Wildman–Crippen MR) is 323 cm³/mol. The molecule has 89 heavy (non-hydrogen) atoms. The minimum Gasteiger partial charge on any atom is -0.449 e. The van der Waals surface area contributed by atoms with E-state index in [1.54, 1.807) is 77.7 Å². The molecule has 3 saturated carbocycles. The number of carbonyl (C=O) groups is 6. The first kappa shape index (κ1) is 58.5. The van der Waals surface area contributed by atoms with Gasteiger partial charge >= 0.3 is 0 Å². The van der Waals surface area contributed by atoms with E-state index in [1.807, 2.05) is 73.0 Å². The van der Waals surface area contributed by atoms with Crippen LogP contribution < -0.4 is 16.0 Å². The van der Waals surface area contributed by atoms with Crippen LogP contribution >= 0.6 is 0 Å². The van der Waals surface area contributed by atoms with Crippen molar-refractivity contribution in [1.29, 1.82) is 0 Å². The highest BCUT2D eigenvalue weighted by molar-refractivity contribution is 5.98. The molecule has 15 rings (SSSR count). The fourth-order valence-corrected chi connectivity index (χ4v) is 13.8.